The minimum atomic E-state index is -0.0923. The number of hydrogen-bond acceptors (Lipinski definition) is 5. The zero-order valence-electron chi connectivity index (χ0n) is 11.0. The van der Waals surface area contributed by atoms with E-state index >= 15 is 0 Å². The smallest absolute Gasteiger partial charge is 0.268 e. The topological polar surface area (TPSA) is 65.4 Å². The Kier molecular flexibility index (Phi) is 7.05. The van der Waals surface area contributed by atoms with Crippen LogP contribution < -0.4 is 10.9 Å². The van der Waals surface area contributed by atoms with Gasteiger partial charge in [-0.05, 0) is 13.3 Å². The van der Waals surface area contributed by atoms with E-state index in [1.807, 2.05) is 6.92 Å². The summed E-state index contributed by atoms with van der Waals surface area (Å²) in [5, 5.41) is 7.14. The Morgan fingerprint density at radius 2 is 2.22 bits per heavy atom. The molecule has 0 aliphatic carbocycles. The molecule has 6 nitrogen and oxygen atoms in total. The Bertz CT molecular complexity index is 392. The van der Waals surface area contributed by atoms with Gasteiger partial charge in [-0.25, -0.2) is 4.68 Å². The van der Waals surface area contributed by atoms with Gasteiger partial charge in [0.1, 0.15) is 0 Å². The third kappa shape index (κ3) is 5.29. The summed E-state index contributed by atoms with van der Waals surface area (Å²) >= 11 is 0. The zero-order valence-corrected chi connectivity index (χ0v) is 11.0. The van der Waals surface area contributed by atoms with Crippen molar-refractivity contribution >= 4 is 5.69 Å². The third-order valence-electron chi connectivity index (χ3n) is 2.34. The predicted octanol–water partition coefficient (Wildman–Crippen LogP) is 0.728. The van der Waals surface area contributed by atoms with Crippen LogP contribution in [0.15, 0.2) is 17.1 Å². The molecule has 0 aliphatic heterocycles. The van der Waals surface area contributed by atoms with E-state index in [2.05, 4.69) is 10.4 Å². The first-order valence-corrected chi connectivity index (χ1v) is 6.15. The van der Waals surface area contributed by atoms with E-state index in [9.17, 15) is 4.79 Å². The molecular formula is C12H21N3O3. The summed E-state index contributed by atoms with van der Waals surface area (Å²) in [6.45, 7) is 5.10. The molecule has 6 heteroatoms. The zero-order chi connectivity index (χ0) is 13.2. The van der Waals surface area contributed by atoms with E-state index in [1.165, 1.54) is 4.68 Å². The van der Waals surface area contributed by atoms with Gasteiger partial charge >= 0.3 is 0 Å². The van der Waals surface area contributed by atoms with Crippen LogP contribution >= 0.6 is 0 Å². The third-order valence-corrected chi connectivity index (χ3v) is 2.34. The highest BCUT2D eigenvalue weighted by molar-refractivity contribution is 5.38. The molecule has 0 amide bonds. The number of rotatable bonds is 9. The molecule has 0 saturated carbocycles. The fourth-order valence-corrected chi connectivity index (χ4v) is 1.46. The summed E-state index contributed by atoms with van der Waals surface area (Å²) in [4.78, 5) is 11.7. The van der Waals surface area contributed by atoms with Crippen molar-refractivity contribution in [3.63, 3.8) is 0 Å². The number of methoxy groups -OCH3 is 1. The minimum Gasteiger partial charge on any atom is -0.384 e. The molecule has 0 bridgehead atoms. The maximum Gasteiger partial charge on any atom is 0.268 e. The second kappa shape index (κ2) is 8.66. The summed E-state index contributed by atoms with van der Waals surface area (Å²) in [5.41, 5.74) is 0.667. The summed E-state index contributed by atoms with van der Waals surface area (Å²) < 4.78 is 11.6. The average Bonchev–Trinajstić information content (AvgIpc) is 2.36. The Morgan fingerprint density at radius 3 is 2.89 bits per heavy atom. The van der Waals surface area contributed by atoms with Gasteiger partial charge in [-0.15, -0.1) is 0 Å². The van der Waals surface area contributed by atoms with Crippen molar-refractivity contribution in [2.24, 2.45) is 0 Å². The van der Waals surface area contributed by atoms with Crippen molar-refractivity contribution in [1.82, 2.24) is 9.78 Å². The molecule has 1 aromatic heterocycles. The second-order valence-corrected chi connectivity index (χ2v) is 3.79. The van der Waals surface area contributed by atoms with Crippen LogP contribution in [0.4, 0.5) is 5.69 Å². The van der Waals surface area contributed by atoms with E-state index in [0.717, 1.165) is 18.7 Å². The van der Waals surface area contributed by atoms with Crippen molar-refractivity contribution < 1.29 is 9.47 Å². The first kappa shape index (κ1) is 14.7. The van der Waals surface area contributed by atoms with Crippen molar-refractivity contribution in [3.8, 4) is 0 Å². The molecule has 0 fully saturated rings. The van der Waals surface area contributed by atoms with Gasteiger partial charge in [-0.2, -0.15) is 5.10 Å². The second-order valence-electron chi connectivity index (χ2n) is 3.79. The summed E-state index contributed by atoms with van der Waals surface area (Å²) in [5.74, 6) is 0. The van der Waals surface area contributed by atoms with Crippen LogP contribution in [-0.4, -0.2) is 43.3 Å². The van der Waals surface area contributed by atoms with E-state index in [1.54, 1.807) is 19.4 Å². The first-order valence-electron chi connectivity index (χ1n) is 6.15. The largest absolute Gasteiger partial charge is 0.384 e. The highest BCUT2D eigenvalue weighted by Crippen LogP contribution is 1.98. The van der Waals surface area contributed by atoms with Crippen LogP contribution in [0.2, 0.25) is 0 Å². The minimum absolute atomic E-state index is 0.0923. The standard InChI is InChI=1S/C12H21N3O3/c1-3-13-11-9-12(16)15(14-10-11)5-4-6-18-8-7-17-2/h9-10,13H,3-8H2,1-2H3. The highest BCUT2D eigenvalue weighted by atomic mass is 16.5. The number of aryl methyl sites for hydroxylation is 1. The maximum atomic E-state index is 11.7. The van der Waals surface area contributed by atoms with E-state index in [4.69, 9.17) is 9.47 Å². The van der Waals surface area contributed by atoms with Crippen molar-refractivity contribution in [2.45, 2.75) is 19.9 Å². The molecule has 0 spiro atoms. The van der Waals surface area contributed by atoms with Crippen molar-refractivity contribution in [2.75, 3.05) is 38.8 Å². The van der Waals surface area contributed by atoms with E-state index < -0.39 is 0 Å². The Balaban J connectivity index is 2.32. The molecule has 102 valence electrons. The summed E-state index contributed by atoms with van der Waals surface area (Å²) in [7, 11) is 1.64. The Hall–Kier alpha value is -1.40. The van der Waals surface area contributed by atoms with Crippen LogP contribution in [0.25, 0.3) is 0 Å². The predicted molar refractivity (Wildman–Crippen MR) is 70.0 cm³/mol. The van der Waals surface area contributed by atoms with Crippen molar-refractivity contribution in [3.05, 3.63) is 22.6 Å². The van der Waals surface area contributed by atoms with Gasteiger partial charge in [0.15, 0.2) is 0 Å². The number of ether oxygens (including phenoxy) is 2. The maximum absolute atomic E-state index is 11.7. The Labute approximate surface area is 107 Å². The number of anilines is 1. The summed E-state index contributed by atoms with van der Waals surface area (Å²) in [6.07, 6.45) is 2.42. The molecule has 1 heterocycles. The molecule has 0 atom stereocenters. The number of aromatic nitrogens is 2. The van der Waals surface area contributed by atoms with Gasteiger partial charge in [0, 0.05) is 32.9 Å². The molecule has 18 heavy (non-hydrogen) atoms. The molecule has 0 aromatic carbocycles. The van der Waals surface area contributed by atoms with Gasteiger partial charge in [0.2, 0.25) is 0 Å². The lowest BCUT2D eigenvalue weighted by Gasteiger charge is -2.07. The van der Waals surface area contributed by atoms with Crippen LogP contribution in [0, 0.1) is 0 Å². The molecule has 1 rings (SSSR count). The molecule has 0 aliphatic rings. The van der Waals surface area contributed by atoms with Crippen LogP contribution in [0.3, 0.4) is 0 Å². The Morgan fingerprint density at radius 1 is 1.39 bits per heavy atom. The monoisotopic (exact) mass is 255 g/mol. The van der Waals surface area contributed by atoms with Crippen LogP contribution in [0.1, 0.15) is 13.3 Å². The van der Waals surface area contributed by atoms with Gasteiger partial charge in [-0.1, -0.05) is 0 Å². The number of nitrogens with zero attached hydrogens (tertiary/aromatic N) is 2. The molecule has 1 aromatic rings. The number of nitrogens with one attached hydrogen (secondary N) is 1. The normalized spacial score (nSPS) is 10.6. The van der Waals surface area contributed by atoms with E-state index in [-0.39, 0.29) is 5.56 Å². The lowest BCUT2D eigenvalue weighted by molar-refractivity contribution is 0.0675. The van der Waals surface area contributed by atoms with Gasteiger partial charge < -0.3 is 14.8 Å². The van der Waals surface area contributed by atoms with Crippen LogP contribution in [-0.2, 0) is 16.0 Å². The molecular weight excluding hydrogens is 234 g/mol. The molecule has 0 unspecified atom stereocenters. The van der Waals surface area contributed by atoms with Gasteiger partial charge in [0.05, 0.1) is 25.1 Å². The lowest BCUT2D eigenvalue weighted by Crippen LogP contribution is -2.23. The molecule has 1 N–H and O–H groups in total. The first-order chi connectivity index (χ1) is 8.77. The van der Waals surface area contributed by atoms with Crippen molar-refractivity contribution in [1.29, 1.82) is 0 Å². The number of hydrogen-bond donors (Lipinski definition) is 1. The van der Waals surface area contributed by atoms with Crippen LogP contribution in [0.5, 0.6) is 0 Å². The summed E-state index contributed by atoms with van der Waals surface area (Å²) in [6, 6.07) is 1.56. The average molecular weight is 255 g/mol. The quantitative estimate of drug-likeness (QED) is 0.659. The fourth-order valence-electron chi connectivity index (χ4n) is 1.46. The van der Waals surface area contributed by atoms with Gasteiger partial charge in [0.25, 0.3) is 5.56 Å². The molecule has 0 saturated heterocycles. The highest BCUT2D eigenvalue weighted by Gasteiger charge is 1.99. The lowest BCUT2D eigenvalue weighted by atomic mass is 10.4. The SMILES string of the molecule is CCNc1cnn(CCCOCCOC)c(=O)c1. The molecule has 0 radical (unpaired) electrons. The van der Waals surface area contributed by atoms with Gasteiger partial charge in [-0.3, -0.25) is 4.79 Å². The van der Waals surface area contributed by atoms with E-state index in [0.29, 0.717) is 26.4 Å². The fraction of sp³-hybridized carbons (Fsp3) is 0.667.